The Bertz CT molecular complexity index is 734. The molecule has 0 saturated heterocycles. The number of halogens is 3. The Morgan fingerprint density at radius 3 is 2.21 bits per heavy atom. The minimum absolute atomic E-state index is 0. The van der Waals surface area contributed by atoms with Crippen molar-refractivity contribution in [2.24, 2.45) is 5.73 Å². The fourth-order valence-electron chi connectivity index (χ4n) is 1.84. The second kappa shape index (κ2) is 10.1. The van der Waals surface area contributed by atoms with Gasteiger partial charge in [0.05, 0.1) is 10.7 Å². The third-order valence-corrected chi connectivity index (χ3v) is 5.44. The van der Waals surface area contributed by atoms with Crippen molar-refractivity contribution < 1.29 is 19.7 Å². The minimum atomic E-state index is -1.02. The number of hydrogen-bond acceptors (Lipinski definition) is 4. The Balaban J connectivity index is 0.00000288. The molecule has 0 spiro atoms. The predicted molar refractivity (Wildman–Crippen MR) is 119 cm³/mol. The molecule has 0 aliphatic carbocycles. The number of carboxylic acid groups (broad SMARTS) is 1. The second-order valence-corrected chi connectivity index (χ2v) is 8.24. The van der Waals surface area contributed by atoms with E-state index in [-0.39, 0.29) is 41.7 Å². The van der Waals surface area contributed by atoms with Gasteiger partial charge in [-0.3, -0.25) is 4.79 Å². The van der Waals surface area contributed by atoms with E-state index in [0.717, 1.165) is 12.7 Å². The summed E-state index contributed by atoms with van der Waals surface area (Å²) in [7, 11) is 0. The number of aliphatic carboxylic acids is 1. The van der Waals surface area contributed by atoms with E-state index >= 15 is 0 Å². The molecule has 0 aliphatic heterocycles. The van der Waals surface area contributed by atoms with Crippen molar-refractivity contribution in [2.45, 2.75) is 12.5 Å². The molecule has 0 bridgehead atoms. The van der Waals surface area contributed by atoms with E-state index < -0.39 is 12.0 Å². The molecule has 5 nitrogen and oxygen atoms in total. The van der Waals surface area contributed by atoms with Gasteiger partial charge in [0.15, 0.2) is 5.75 Å². The summed E-state index contributed by atoms with van der Waals surface area (Å²) >= 11 is 6.33. The maximum atomic E-state index is 10.9. The quantitative estimate of drug-likeness (QED) is 0.335. The molecule has 2 aromatic rings. The topological polar surface area (TPSA) is 92.8 Å². The van der Waals surface area contributed by atoms with Crippen LogP contribution in [0.4, 0.5) is 0 Å². The summed E-state index contributed by atoms with van der Waals surface area (Å²) < 4.78 is 8.34. The van der Waals surface area contributed by atoms with Gasteiger partial charge in [0, 0.05) is 0 Å². The third kappa shape index (κ3) is 6.13. The van der Waals surface area contributed by atoms with Crippen LogP contribution in [0, 0.1) is 10.7 Å². The Kier molecular flexibility index (Phi) is 9.57. The molecule has 24 heavy (non-hydrogen) atoms. The fourth-order valence-corrected chi connectivity index (χ4v) is 4.44. The first-order valence-corrected chi connectivity index (χ1v) is 9.64. The van der Waals surface area contributed by atoms with Crippen LogP contribution in [0.2, 0.25) is 0 Å². The van der Waals surface area contributed by atoms with Crippen molar-refractivity contribution in [3.05, 3.63) is 46.6 Å². The number of phenolic OH excluding ortho intramolecular Hbond substituents is 1. The van der Waals surface area contributed by atoms with Crippen LogP contribution in [0.3, 0.4) is 0 Å². The van der Waals surface area contributed by atoms with Gasteiger partial charge in [0.25, 0.3) is 0 Å². The number of phenols is 1. The van der Waals surface area contributed by atoms with E-state index in [4.69, 9.17) is 15.6 Å². The predicted octanol–water partition coefficient (Wildman–Crippen LogP) is 3.30. The number of carbonyl (C=O) groups is 1. The van der Waals surface area contributed by atoms with Gasteiger partial charge < -0.3 is 20.7 Å². The average Bonchev–Trinajstić information content (AvgIpc) is 2.46. The number of nitrogens with two attached hydrogens (primary N) is 1. The van der Waals surface area contributed by atoms with Crippen molar-refractivity contribution in [1.82, 2.24) is 0 Å². The van der Waals surface area contributed by atoms with Gasteiger partial charge in [-0.05, 0) is 110 Å². The number of aromatic hydroxyl groups is 1. The molecule has 2 rings (SSSR count). The van der Waals surface area contributed by atoms with Gasteiger partial charge in [0.2, 0.25) is 0 Å². The second-order valence-electron chi connectivity index (χ2n) is 4.75. The fraction of sp³-hybridized carbons (Fsp3) is 0.133. The zero-order valence-electron chi connectivity index (χ0n) is 11.6. The standard InChI is InChI=1S/C15H12I3NO4.Na.H/c16-9-6-8(1-2-13(9)20)23-14-10(17)3-7(4-11(14)18)5-12(19)15(21)22;;/h1-4,6,12,20H,5,19H2,(H,21,22);;/t12-;;/m1../s1. The Labute approximate surface area is 202 Å². The van der Waals surface area contributed by atoms with Crippen LogP contribution in [0.5, 0.6) is 17.2 Å². The summed E-state index contributed by atoms with van der Waals surface area (Å²) in [4.78, 5) is 10.9. The molecule has 0 saturated carbocycles. The molecular formula is C15H13I3NNaO4. The van der Waals surface area contributed by atoms with Crippen LogP contribution in [-0.4, -0.2) is 51.8 Å². The monoisotopic (exact) mass is 675 g/mol. The van der Waals surface area contributed by atoms with E-state index in [0.29, 0.717) is 15.1 Å². The summed E-state index contributed by atoms with van der Waals surface area (Å²) in [5.74, 6) is 0.507. The number of hydrogen-bond donors (Lipinski definition) is 3. The first kappa shape index (κ1) is 22.7. The number of benzene rings is 2. The molecule has 0 amide bonds. The Morgan fingerprint density at radius 2 is 1.71 bits per heavy atom. The van der Waals surface area contributed by atoms with E-state index in [1.807, 2.05) is 34.7 Å². The van der Waals surface area contributed by atoms with Crippen molar-refractivity contribution in [3.8, 4) is 17.2 Å². The van der Waals surface area contributed by atoms with Crippen LogP contribution >= 0.6 is 67.8 Å². The van der Waals surface area contributed by atoms with Crippen molar-refractivity contribution >= 4 is 103 Å². The van der Waals surface area contributed by atoms with Gasteiger partial charge in [0.1, 0.15) is 17.5 Å². The maximum absolute atomic E-state index is 10.9. The normalized spacial score (nSPS) is 11.5. The van der Waals surface area contributed by atoms with Gasteiger partial charge in [-0.1, -0.05) is 0 Å². The molecule has 9 heteroatoms. The Hall–Kier alpha value is 0.660. The summed E-state index contributed by atoms with van der Waals surface area (Å²) in [6, 6.07) is 7.83. The molecule has 4 N–H and O–H groups in total. The number of rotatable bonds is 5. The van der Waals surface area contributed by atoms with Crippen LogP contribution in [0.15, 0.2) is 30.3 Å². The van der Waals surface area contributed by atoms with Gasteiger partial charge in [-0.2, -0.15) is 0 Å². The van der Waals surface area contributed by atoms with E-state index in [1.54, 1.807) is 18.2 Å². The molecule has 0 unspecified atom stereocenters. The number of ether oxygens (including phenoxy) is 1. The summed E-state index contributed by atoms with van der Waals surface area (Å²) in [6.45, 7) is 0. The molecule has 1 atom stereocenters. The molecule has 2 aromatic carbocycles. The third-order valence-electron chi connectivity index (χ3n) is 2.97. The summed E-state index contributed by atoms with van der Waals surface area (Å²) in [5.41, 5.74) is 6.43. The van der Waals surface area contributed by atoms with E-state index in [1.165, 1.54) is 0 Å². The molecule has 0 aromatic heterocycles. The SMILES string of the molecule is N[C@H](Cc1cc(I)c(Oc2ccc(O)c(I)c2)c(I)c1)C(=O)O.[NaH]. The zero-order chi connectivity index (χ0) is 17.1. The van der Waals surface area contributed by atoms with Crippen molar-refractivity contribution in [2.75, 3.05) is 0 Å². The molecule has 0 fully saturated rings. The van der Waals surface area contributed by atoms with Crippen LogP contribution in [0.1, 0.15) is 5.56 Å². The van der Waals surface area contributed by atoms with Gasteiger partial charge >= 0.3 is 35.5 Å². The molecule has 0 heterocycles. The van der Waals surface area contributed by atoms with Crippen LogP contribution in [-0.2, 0) is 11.2 Å². The van der Waals surface area contributed by atoms with Crippen molar-refractivity contribution in [1.29, 1.82) is 0 Å². The van der Waals surface area contributed by atoms with E-state index in [9.17, 15) is 9.90 Å². The molecule has 0 aliphatic rings. The summed E-state index contributed by atoms with van der Waals surface area (Å²) in [6.07, 6.45) is 0.263. The first-order valence-electron chi connectivity index (χ1n) is 6.40. The molecule has 124 valence electrons. The van der Waals surface area contributed by atoms with Crippen LogP contribution in [0.25, 0.3) is 0 Å². The van der Waals surface area contributed by atoms with E-state index in [2.05, 4.69) is 45.2 Å². The average molecular weight is 675 g/mol. The van der Waals surface area contributed by atoms with Gasteiger partial charge in [-0.15, -0.1) is 0 Å². The van der Waals surface area contributed by atoms with Gasteiger partial charge in [-0.25, -0.2) is 0 Å². The Morgan fingerprint density at radius 1 is 1.12 bits per heavy atom. The van der Waals surface area contributed by atoms with Crippen LogP contribution < -0.4 is 10.5 Å². The van der Waals surface area contributed by atoms with Crippen molar-refractivity contribution in [3.63, 3.8) is 0 Å². The molecular weight excluding hydrogens is 662 g/mol. The number of carboxylic acids is 1. The first-order chi connectivity index (χ1) is 10.8. The zero-order valence-corrected chi connectivity index (χ0v) is 18.1. The summed E-state index contributed by atoms with van der Waals surface area (Å²) in [5, 5.41) is 18.5. The molecule has 0 radical (unpaired) electrons.